The first kappa shape index (κ1) is 17.3. The first-order valence-electron chi connectivity index (χ1n) is 7.83. The number of hydrogen-bond acceptors (Lipinski definition) is 1. The average molecular weight is 256 g/mol. The average Bonchev–Trinajstić information content (AvgIpc) is 2.37. The molecule has 2 amide bonds. The Kier molecular flexibility index (Phi) is 13.8. The van der Waals surface area contributed by atoms with Gasteiger partial charge in [-0.1, -0.05) is 65.2 Å². The third-order valence-corrected chi connectivity index (χ3v) is 3.13. The molecule has 108 valence electrons. The number of amides is 2. The summed E-state index contributed by atoms with van der Waals surface area (Å²) in [4.78, 5) is 11.4. The standard InChI is InChI=1S/C15H32N2O/c1-3-5-7-9-10-12-14-17-15(18)16-13-11-8-6-4-2/h3-14H2,1-2H3,(H2,16,17,18). The summed E-state index contributed by atoms with van der Waals surface area (Å²) in [5, 5.41) is 5.82. The molecule has 0 unspecified atom stereocenters. The topological polar surface area (TPSA) is 41.1 Å². The summed E-state index contributed by atoms with van der Waals surface area (Å²) in [6.07, 6.45) is 12.4. The van der Waals surface area contributed by atoms with Gasteiger partial charge < -0.3 is 10.6 Å². The quantitative estimate of drug-likeness (QED) is 0.504. The summed E-state index contributed by atoms with van der Waals surface area (Å²) in [5.41, 5.74) is 0. The molecule has 0 aliphatic rings. The van der Waals surface area contributed by atoms with Crippen LogP contribution in [0, 0.1) is 0 Å². The third-order valence-electron chi connectivity index (χ3n) is 3.13. The first-order chi connectivity index (χ1) is 8.81. The molecule has 0 rings (SSSR count). The Morgan fingerprint density at radius 3 is 1.56 bits per heavy atom. The highest BCUT2D eigenvalue weighted by Gasteiger charge is 1.98. The molecule has 0 aromatic carbocycles. The molecule has 3 nitrogen and oxygen atoms in total. The molecule has 0 fully saturated rings. The van der Waals surface area contributed by atoms with Gasteiger partial charge in [0.15, 0.2) is 0 Å². The van der Waals surface area contributed by atoms with Crippen molar-refractivity contribution in [1.82, 2.24) is 10.6 Å². The summed E-state index contributed by atoms with van der Waals surface area (Å²) in [5.74, 6) is 0. The molecule has 0 aromatic rings. The van der Waals surface area contributed by atoms with Crippen molar-refractivity contribution in [3.05, 3.63) is 0 Å². The monoisotopic (exact) mass is 256 g/mol. The van der Waals surface area contributed by atoms with Gasteiger partial charge in [-0.2, -0.15) is 0 Å². The van der Waals surface area contributed by atoms with Gasteiger partial charge in [0, 0.05) is 13.1 Å². The molecule has 18 heavy (non-hydrogen) atoms. The Morgan fingerprint density at radius 2 is 1.06 bits per heavy atom. The van der Waals surface area contributed by atoms with Crippen LogP contribution in [0.15, 0.2) is 0 Å². The predicted octanol–water partition coefficient (Wildman–Crippen LogP) is 4.23. The molecular formula is C15H32N2O. The van der Waals surface area contributed by atoms with Crippen molar-refractivity contribution in [3.63, 3.8) is 0 Å². The molecule has 0 saturated heterocycles. The highest BCUT2D eigenvalue weighted by Crippen LogP contribution is 2.03. The molecule has 3 heteroatoms. The van der Waals surface area contributed by atoms with E-state index in [1.807, 2.05) is 0 Å². The third kappa shape index (κ3) is 13.3. The van der Waals surface area contributed by atoms with Crippen LogP contribution < -0.4 is 10.6 Å². The lowest BCUT2D eigenvalue weighted by Crippen LogP contribution is -2.36. The second-order valence-corrected chi connectivity index (χ2v) is 5.01. The number of urea groups is 1. The zero-order valence-electron chi connectivity index (χ0n) is 12.4. The highest BCUT2D eigenvalue weighted by atomic mass is 16.2. The van der Waals surface area contributed by atoms with Gasteiger partial charge in [-0.05, 0) is 12.8 Å². The Labute approximate surface area is 113 Å². The summed E-state index contributed by atoms with van der Waals surface area (Å²) in [6.45, 7) is 6.04. The number of carbonyl (C=O) groups is 1. The lowest BCUT2D eigenvalue weighted by molar-refractivity contribution is 0.240. The van der Waals surface area contributed by atoms with Crippen LogP contribution in [0.5, 0.6) is 0 Å². The van der Waals surface area contributed by atoms with E-state index in [0.29, 0.717) is 0 Å². The van der Waals surface area contributed by atoms with Crippen molar-refractivity contribution in [2.75, 3.05) is 13.1 Å². The van der Waals surface area contributed by atoms with Crippen molar-refractivity contribution in [2.45, 2.75) is 78.1 Å². The van der Waals surface area contributed by atoms with Gasteiger partial charge >= 0.3 is 6.03 Å². The van der Waals surface area contributed by atoms with E-state index in [2.05, 4.69) is 24.5 Å². The van der Waals surface area contributed by atoms with Crippen LogP contribution in [0.1, 0.15) is 78.1 Å². The summed E-state index contributed by atoms with van der Waals surface area (Å²) in [6, 6.07) is 0.0000525. The SMILES string of the molecule is CCCCCCCCNC(=O)NCCCCCC. The highest BCUT2D eigenvalue weighted by molar-refractivity contribution is 5.73. The predicted molar refractivity (Wildman–Crippen MR) is 78.9 cm³/mol. The lowest BCUT2D eigenvalue weighted by atomic mass is 10.1. The van der Waals surface area contributed by atoms with E-state index in [-0.39, 0.29) is 6.03 Å². The number of rotatable bonds is 12. The fourth-order valence-corrected chi connectivity index (χ4v) is 1.92. The van der Waals surface area contributed by atoms with Gasteiger partial charge in [-0.25, -0.2) is 4.79 Å². The molecule has 0 saturated carbocycles. The summed E-state index contributed by atoms with van der Waals surface area (Å²) >= 11 is 0. The van der Waals surface area contributed by atoms with Gasteiger partial charge in [0.2, 0.25) is 0 Å². The minimum atomic E-state index is 0.0000525. The molecule has 0 radical (unpaired) electrons. The van der Waals surface area contributed by atoms with E-state index in [1.165, 1.54) is 51.4 Å². The molecule has 0 aliphatic carbocycles. The van der Waals surface area contributed by atoms with Gasteiger partial charge in [0.1, 0.15) is 0 Å². The molecule has 0 heterocycles. The fourth-order valence-electron chi connectivity index (χ4n) is 1.92. The minimum absolute atomic E-state index is 0.0000525. The van der Waals surface area contributed by atoms with Crippen LogP contribution in [0.25, 0.3) is 0 Å². The van der Waals surface area contributed by atoms with Crippen molar-refractivity contribution in [3.8, 4) is 0 Å². The number of nitrogens with one attached hydrogen (secondary N) is 2. The Bertz CT molecular complexity index is 183. The fraction of sp³-hybridized carbons (Fsp3) is 0.933. The Balaban J connectivity index is 3.12. The second kappa shape index (κ2) is 14.3. The maximum atomic E-state index is 11.4. The number of hydrogen-bond donors (Lipinski definition) is 2. The number of carbonyl (C=O) groups excluding carboxylic acids is 1. The van der Waals surface area contributed by atoms with Crippen LogP contribution in [-0.2, 0) is 0 Å². The maximum Gasteiger partial charge on any atom is 0.314 e. The largest absolute Gasteiger partial charge is 0.338 e. The lowest BCUT2D eigenvalue weighted by Gasteiger charge is -2.07. The van der Waals surface area contributed by atoms with E-state index >= 15 is 0 Å². The summed E-state index contributed by atoms with van der Waals surface area (Å²) in [7, 11) is 0. The van der Waals surface area contributed by atoms with E-state index in [0.717, 1.165) is 25.9 Å². The van der Waals surface area contributed by atoms with Crippen LogP contribution >= 0.6 is 0 Å². The number of unbranched alkanes of at least 4 members (excludes halogenated alkanes) is 8. The van der Waals surface area contributed by atoms with Crippen molar-refractivity contribution < 1.29 is 4.79 Å². The molecule has 2 N–H and O–H groups in total. The van der Waals surface area contributed by atoms with E-state index in [4.69, 9.17) is 0 Å². The molecular weight excluding hydrogens is 224 g/mol. The van der Waals surface area contributed by atoms with Crippen molar-refractivity contribution in [2.24, 2.45) is 0 Å². The van der Waals surface area contributed by atoms with Crippen LogP contribution in [0.3, 0.4) is 0 Å². The maximum absolute atomic E-state index is 11.4. The van der Waals surface area contributed by atoms with Gasteiger partial charge in [-0.15, -0.1) is 0 Å². The zero-order chi connectivity index (χ0) is 13.5. The molecule has 0 bridgehead atoms. The van der Waals surface area contributed by atoms with Gasteiger partial charge in [0.25, 0.3) is 0 Å². The van der Waals surface area contributed by atoms with Crippen LogP contribution in [0.2, 0.25) is 0 Å². The van der Waals surface area contributed by atoms with Crippen molar-refractivity contribution >= 4 is 6.03 Å². The van der Waals surface area contributed by atoms with Gasteiger partial charge in [-0.3, -0.25) is 0 Å². The van der Waals surface area contributed by atoms with E-state index < -0.39 is 0 Å². The smallest absolute Gasteiger partial charge is 0.314 e. The zero-order valence-corrected chi connectivity index (χ0v) is 12.4. The Morgan fingerprint density at radius 1 is 0.667 bits per heavy atom. The normalized spacial score (nSPS) is 10.3. The molecule has 0 aromatic heterocycles. The molecule has 0 atom stereocenters. The van der Waals surface area contributed by atoms with Crippen molar-refractivity contribution in [1.29, 1.82) is 0 Å². The Hall–Kier alpha value is -0.730. The van der Waals surface area contributed by atoms with Gasteiger partial charge in [0.05, 0.1) is 0 Å². The van der Waals surface area contributed by atoms with Crippen LogP contribution in [-0.4, -0.2) is 19.1 Å². The van der Waals surface area contributed by atoms with Crippen LogP contribution in [0.4, 0.5) is 4.79 Å². The first-order valence-corrected chi connectivity index (χ1v) is 7.83. The van der Waals surface area contributed by atoms with E-state index in [9.17, 15) is 4.79 Å². The van der Waals surface area contributed by atoms with E-state index in [1.54, 1.807) is 0 Å². The minimum Gasteiger partial charge on any atom is -0.338 e. The second-order valence-electron chi connectivity index (χ2n) is 5.01. The summed E-state index contributed by atoms with van der Waals surface area (Å²) < 4.78 is 0. The molecule has 0 aliphatic heterocycles. The molecule has 0 spiro atoms.